The van der Waals surface area contributed by atoms with Crippen molar-refractivity contribution in [2.75, 3.05) is 0 Å². The topological polar surface area (TPSA) is 26.3 Å². The first kappa shape index (κ1) is 12.9. The Morgan fingerprint density at radius 2 is 1.50 bits per heavy atom. The lowest BCUT2D eigenvalue weighted by Gasteiger charge is -2.41. The number of carbonyl (C=O) groups excluding carboxylic acids is 1. The minimum absolute atomic E-state index is 0.237. The Morgan fingerprint density at radius 1 is 0.900 bits per heavy atom. The number of esters is 1. The van der Waals surface area contributed by atoms with Gasteiger partial charge in [0.2, 0.25) is 0 Å². The number of rotatable bonds is 1. The van der Waals surface area contributed by atoms with Crippen LogP contribution in [0.1, 0.15) is 42.3 Å². The van der Waals surface area contributed by atoms with Crippen LogP contribution in [-0.4, -0.2) is 5.97 Å². The maximum absolute atomic E-state index is 12.3. The van der Waals surface area contributed by atoms with Crippen molar-refractivity contribution < 1.29 is 9.53 Å². The summed E-state index contributed by atoms with van der Waals surface area (Å²) in [5, 5.41) is 0. The summed E-state index contributed by atoms with van der Waals surface area (Å²) in [7, 11) is 0. The highest BCUT2D eigenvalue weighted by Gasteiger charge is 2.54. The maximum atomic E-state index is 12.3. The third-order valence-electron chi connectivity index (χ3n) is 4.01. The summed E-state index contributed by atoms with van der Waals surface area (Å²) in [5.74, 6) is -0.237. The Labute approximate surface area is 119 Å². The second-order valence-corrected chi connectivity index (χ2v) is 6.23. The molecule has 0 bridgehead atoms. The summed E-state index contributed by atoms with van der Waals surface area (Å²) in [6.45, 7) is 6.32. The molecule has 0 saturated heterocycles. The molecule has 2 aromatic rings. The van der Waals surface area contributed by atoms with Crippen LogP contribution in [0.4, 0.5) is 0 Å². The van der Waals surface area contributed by atoms with Gasteiger partial charge in [-0.2, -0.15) is 0 Å². The van der Waals surface area contributed by atoms with E-state index in [1.165, 1.54) is 0 Å². The van der Waals surface area contributed by atoms with Gasteiger partial charge in [-0.25, -0.2) is 4.79 Å². The minimum atomic E-state index is -0.720. The van der Waals surface area contributed by atoms with Gasteiger partial charge < -0.3 is 4.74 Å². The van der Waals surface area contributed by atoms with Crippen LogP contribution in [0.3, 0.4) is 0 Å². The van der Waals surface area contributed by atoms with Crippen LogP contribution in [0.15, 0.2) is 54.6 Å². The second-order valence-electron chi connectivity index (χ2n) is 6.23. The summed E-state index contributed by atoms with van der Waals surface area (Å²) >= 11 is 0. The molecule has 3 rings (SSSR count). The second kappa shape index (κ2) is 4.20. The largest absolute Gasteiger partial charge is 0.445 e. The molecule has 1 atom stereocenters. The Hall–Kier alpha value is -2.09. The predicted molar refractivity (Wildman–Crippen MR) is 78.5 cm³/mol. The molecule has 2 aromatic carbocycles. The van der Waals surface area contributed by atoms with Crippen LogP contribution >= 0.6 is 0 Å². The van der Waals surface area contributed by atoms with E-state index in [-0.39, 0.29) is 11.4 Å². The number of benzene rings is 2. The van der Waals surface area contributed by atoms with Crippen molar-refractivity contribution >= 4 is 5.97 Å². The number of cyclic esters (lactones) is 1. The zero-order chi connectivity index (χ0) is 14.4. The third-order valence-corrected chi connectivity index (χ3v) is 4.01. The van der Waals surface area contributed by atoms with Gasteiger partial charge in [0.1, 0.15) is 0 Å². The summed E-state index contributed by atoms with van der Waals surface area (Å²) in [6.07, 6.45) is 0. The Bertz CT molecular complexity index is 653. The van der Waals surface area contributed by atoms with Crippen molar-refractivity contribution in [3.05, 3.63) is 71.3 Å². The highest BCUT2D eigenvalue weighted by Crippen LogP contribution is 2.52. The van der Waals surface area contributed by atoms with E-state index in [0.717, 1.165) is 11.1 Å². The first-order chi connectivity index (χ1) is 9.47. The highest BCUT2D eigenvalue weighted by atomic mass is 16.6. The molecule has 1 unspecified atom stereocenters. The normalized spacial score (nSPS) is 21.4. The van der Waals surface area contributed by atoms with Gasteiger partial charge in [0, 0.05) is 16.5 Å². The van der Waals surface area contributed by atoms with Crippen LogP contribution in [0.25, 0.3) is 0 Å². The van der Waals surface area contributed by atoms with Gasteiger partial charge in [0.05, 0.1) is 5.56 Å². The Balaban J connectivity index is 2.34. The molecule has 2 nitrogen and oxygen atoms in total. The molecule has 20 heavy (non-hydrogen) atoms. The van der Waals surface area contributed by atoms with Crippen molar-refractivity contribution in [2.24, 2.45) is 5.41 Å². The Morgan fingerprint density at radius 3 is 2.15 bits per heavy atom. The van der Waals surface area contributed by atoms with Gasteiger partial charge in [-0.15, -0.1) is 0 Å². The van der Waals surface area contributed by atoms with Gasteiger partial charge in [-0.05, 0) is 6.07 Å². The molecule has 1 aliphatic rings. The van der Waals surface area contributed by atoms with Gasteiger partial charge in [0.25, 0.3) is 0 Å². The first-order valence-corrected chi connectivity index (χ1v) is 6.85. The number of hydrogen-bond donors (Lipinski definition) is 0. The first-order valence-electron chi connectivity index (χ1n) is 6.85. The van der Waals surface area contributed by atoms with Crippen molar-refractivity contribution in [1.82, 2.24) is 0 Å². The number of ether oxygens (including phenoxy) is 1. The molecule has 0 spiro atoms. The molecule has 0 N–H and O–H groups in total. The lowest BCUT2D eigenvalue weighted by atomic mass is 9.68. The molecule has 1 heterocycles. The average Bonchev–Trinajstić information content (AvgIpc) is 2.75. The molecular formula is C18H18O2. The van der Waals surface area contributed by atoms with Crippen molar-refractivity contribution in [1.29, 1.82) is 0 Å². The van der Waals surface area contributed by atoms with Gasteiger partial charge >= 0.3 is 5.97 Å². The van der Waals surface area contributed by atoms with Crippen molar-refractivity contribution in [2.45, 2.75) is 26.4 Å². The van der Waals surface area contributed by atoms with Crippen LogP contribution < -0.4 is 0 Å². The number of carbonyl (C=O) groups is 1. The molecule has 0 aromatic heterocycles. The average molecular weight is 266 g/mol. The predicted octanol–water partition coefficient (Wildman–Crippen LogP) is 4.15. The van der Waals surface area contributed by atoms with E-state index in [2.05, 4.69) is 20.8 Å². The molecule has 2 heteroatoms. The standard InChI is InChI=1S/C18H18O2/c1-17(2,3)18(13-9-5-4-6-10-13)15-12-8-7-11-14(15)16(19)20-18/h4-12H,1-3H3. The summed E-state index contributed by atoms with van der Waals surface area (Å²) in [6, 6.07) is 17.7. The van der Waals surface area contributed by atoms with Crippen molar-refractivity contribution in [3.63, 3.8) is 0 Å². The zero-order valence-electron chi connectivity index (χ0n) is 12.0. The molecule has 0 radical (unpaired) electrons. The maximum Gasteiger partial charge on any atom is 0.339 e. The van der Waals surface area contributed by atoms with E-state index in [0.29, 0.717) is 5.56 Å². The lowest BCUT2D eigenvalue weighted by molar-refractivity contribution is -0.0440. The SMILES string of the molecule is CC(C)(C)C1(c2ccccc2)OC(=O)c2ccccc21. The fraction of sp³-hybridized carbons (Fsp3) is 0.278. The van der Waals surface area contributed by atoms with E-state index >= 15 is 0 Å². The number of hydrogen-bond acceptors (Lipinski definition) is 2. The smallest absolute Gasteiger partial charge is 0.339 e. The van der Waals surface area contributed by atoms with E-state index < -0.39 is 5.60 Å². The summed E-state index contributed by atoms with van der Waals surface area (Å²) in [4.78, 5) is 12.3. The van der Waals surface area contributed by atoms with Crippen LogP contribution in [-0.2, 0) is 10.3 Å². The summed E-state index contributed by atoms with van der Waals surface area (Å²) in [5.41, 5.74) is 1.69. The quantitative estimate of drug-likeness (QED) is 0.725. The molecule has 102 valence electrons. The Kier molecular flexibility index (Phi) is 2.72. The van der Waals surface area contributed by atoms with Crippen LogP contribution in [0.5, 0.6) is 0 Å². The molecule has 0 aliphatic carbocycles. The minimum Gasteiger partial charge on any atom is -0.445 e. The summed E-state index contributed by atoms with van der Waals surface area (Å²) < 4.78 is 5.93. The van der Waals surface area contributed by atoms with E-state index in [1.807, 2.05) is 54.6 Å². The van der Waals surface area contributed by atoms with E-state index in [9.17, 15) is 4.79 Å². The van der Waals surface area contributed by atoms with E-state index in [4.69, 9.17) is 4.74 Å². The van der Waals surface area contributed by atoms with Crippen LogP contribution in [0, 0.1) is 5.41 Å². The molecule has 0 fully saturated rings. The molecule has 1 aliphatic heterocycles. The van der Waals surface area contributed by atoms with Gasteiger partial charge in [-0.3, -0.25) is 0 Å². The third kappa shape index (κ3) is 1.61. The molecular weight excluding hydrogens is 248 g/mol. The number of fused-ring (bicyclic) bond motifs is 1. The molecule has 0 saturated carbocycles. The fourth-order valence-electron chi connectivity index (χ4n) is 3.09. The van der Waals surface area contributed by atoms with Crippen LogP contribution in [0.2, 0.25) is 0 Å². The van der Waals surface area contributed by atoms with Gasteiger partial charge in [-0.1, -0.05) is 69.3 Å². The van der Waals surface area contributed by atoms with Gasteiger partial charge in [0.15, 0.2) is 5.60 Å². The van der Waals surface area contributed by atoms with E-state index in [1.54, 1.807) is 0 Å². The monoisotopic (exact) mass is 266 g/mol. The molecule has 0 amide bonds. The van der Waals surface area contributed by atoms with Crippen molar-refractivity contribution in [3.8, 4) is 0 Å². The fourth-order valence-corrected chi connectivity index (χ4v) is 3.09. The highest BCUT2D eigenvalue weighted by molar-refractivity contribution is 5.95. The lowest BCUT2D eigenvalue weighted by Crippen LogP contribution is -2.41. The zero-order valence-corrected chi connectivity index (χ0v) is 12.0.